The van der Waals surface area contributed by atoms with Gasteiger partial charge < -0.3 is 53.5 Å². The summed E-state index contributed by atoms with van der Waals surface area (Å²) in [5, 5.41) is 0. The van der Waals surface area contributed by atoms with Crippen LogP contribution in [0.1, 0.15) is 81.6 Å². The standard InChI is InChI=1S/C39H90N6O9Si6/c1-19-46-58(47-20-2,48-21-3)34-28-31-43(55(10,11)12)37-40-38(44(56(13,14)15)32-29-35-59(49-22-4,50-23-5)51-24-6)42-39(41-37)45(57(16,17)18)33-30-36-60(52-25-7,53-26-8)54-27-9/h19-36H2,1-18H3. The molecule has 354 valence electrons. The maximum absolute atomic E-state index is 6.27. The van der Waals surface area contributed by atoms with Gasteiger partial charge in [-0.3, -0.25) is 0 Å². The van der Waals surface area contributed by atoms with Crippen molar-refractivity contribution >= 4 is 69.0 Å². The van der Waals surface area contributed by atoms with Gasteiger partial charge in [-0.2, -0.15) is 15.0 Å². The first kappa shape index (κ1) is 57.4. The van der Waals surface area contributed by atoms with Gasteiger partial charge in [0.1, 0.15) is 0 Å². The van der Waals surface area contributed by atoms with Crippen molar-refractivity contribution in [2.45, 2.75) is 159 Å². The van der Waals surface area contributed by atoms with Crippen LogP contribution < -0.4 is 13.7 Å². The molecule has 0 N–H and O–H groups in total. The molecule has 0 aliphatic rings. The number of hydrogen-bond acceptors (Lipinski definition) is 15. The van der Waals surface area contributed by atoms with Crippen molar-refractivity contribution in [2.75, 3.05) is 92.8 Å². The Morgan fingerprint density at radius 2 is 0.483 bits per heavy atom. The van der Waals surface area contributed by atoms with Gasteiger partial charge in [0.25, 0.3) is 0 Å². The highest BCUT2D eigenvalue weighted by molar-refractivity contribution is 6.81. The molecular formula is C39H90N6O9Si6. The van der Waals surface area contributed by atoms with E-state index in [2.05, 4.69) is 72.6 Å². The number of hydrogen-bond donors (Lipinski definition) is 0. The molecule has 0 saturated heterocycles. The molecule has 0 saturated carbocycles. The molecule has 1 aromatic rings. The highest BCUT2D eigenvalue weighted by Crippen LogP contribution is 2.31. The van der Waals surface area contributed by atoms with Crippen LogP contribution in [-0.2, 0) is 39.8 Å². The maximum atomic E-state index is 6.27. The fourth-order valence-corrected chi connectivity index (χ4v) is 19.6. The van der Waals surface area contributed by atoms with Crippen LogP contribution in [0, 0.1) is 0 Å². The van der Waals surface area contributed by atoms with Crippen molar-refractivity contribution in [1.82, 2.24) is 15.0 Å². The zero-order valence-electron chi connectivity index (χ0n) is 41.6. The number of rotatable bonds is 36. The fourth-order valence-electron chi connectivity index (χ4n) is 7.28. The fraction of sp³-hybridized carbons (Fsp3) is 0.923. The maximum Gasteiger partial charge on any atom is 0.500 e. The number of nitrogens with zero attached hydrogens (tertiary/aromatic N) is 6. The lowest BCUT2D eigenvalue weighted by atomic mass is 10.5. The molecular weight excluding hydrogens is 865 g/mol. The molecule has 0 radical (unpaired) electrons. The van der Waals surface area contributed by atoms with Crippen LogP contribution >= 0.6 is 0 Å². The van der Waals surface area contributed by atoms with Gasteiger partial charge in [-0.1, -0.05) is 58.9 Å². The Kier molecular flexibility index (Phi) is 26.4. The molecule has 21 heteroatoms. The van der Waals surface area contributed by atoms with E-state index in [4.69, 9.17) is 54.8 Å². The van der Waals surface area contributed by atoms with Crippen LogP contribution in [0.3, 0.4) is 0 Å². The Morgan fingerprint density at radius 3 is 0.617 bits per heavy atom. The zero-order chi connectivity index (χ0) is 45.7. The zero-order valence-corrected chi connectivity index (χ0v) is 47.6. The largest absolute Gasteiger partial charge is 0.500 e. The average molecular weight is 956 g/mol. The van der Waals surface area contributed by atoms with Gasteiger partial charge in [-0.05, 0) is 81.6 Å². The summed E-state index contributed by atoms with van der Waals surface area (Å²) in [7, 11) is -14.8. The third-order valence-corrected chi connectivity index (χ3v) is 25.2. The predicted molar refractivity (Wildman–Crippen MR) is 262 cm³/mol. The monoisotopic (exact) mass is 955 g/mol. The minimum atomic E-state index is -2.85. The van der Waals surface area contributed by atoms with Crippen LogP contribution in [0.25, 0.3) is 0 Å². The van der Waals surface area contributed by atoms with Crippen molar-refractivity contribution in [3.63, 3.8) is 0 Å². The van der Waals surface area contributed by atoms with E-state index in [0.29, 0.717) is 77.6 Å². The Balaban J connectivity index is 3.99. The second kappa shape index (κ2) is 27.6. The Morgan fingerprint density at radius 1 is 0.317 bits per heavy atom. The van der Waals surface area contributed by atoms with Crippen LogP contribution in [0.2, 0.25) is 77.1 Å². The molecule has 0 bridgehead atoms. The van der Waals surface area contributed by atoms with Crippen molar-refractivity contribution in [3.05, 3.63) is 0 Å². The average Bonchev–Trinajstić information content (AvgIpc) is 3.13. The molecule has 0 aliphatic carbocycles. The minimum Gasteiger partial charge on any atom is -0.374 e. The summed E-state index contributed by atoms with van der Waals surface area (Å²) in [5.41, 5.74) is 0. The summed E-state index contributed by atoms with van der Waals surface area (Å²) in [6, 6.07) is 2.14. The highest BCUT2D eigenvalue weighted by Gasteiger charge is 2.43. The van der Waals surface area contributed by atoms with E-state index in [1.807, 2.05) is 62.3 Å². The lowest BCUT2D eigenvalue weighted by Gasteiger charge is -2.40. The van der Waals surface area contributed by atoms with Gasteiger partial charge in [-0.15, -0.1) is 0 Å². The highest BCUT2D eigenvalue weighted by atomic mass is 28.4. The molecule has 0 aromatic carbocycles. The van der Waals surface area contributed by atoms with E-state index >= 15 is 0 Å². The first-order chi connectivity index (χ1) is 28.1. The first-order valence-electron chi connectivity index (χ1n) is 23.0. The summed E-state index contributed by atoms with van der Waals surface area (Å²) in [5.74, 6) is 2.17. The molecule has 15 nitrogen and oxygen atoms in total. The van der Waals surface area contributed by atoms with Crippen molar-refractivity contribution in [1.29, 1.82) is 0 Å². The molecule has 60 heavy (non-hydrogen) atoms. The lowest BCUT2D eigenvalue weighted by molar-refractivity contribution is 0.0702. The van der Waals surface area contributed by atoms with Gasteiger partial charge in [-0.25, -0.2) is 0 Å². The normalized spacial score (nSPS) is 13.3. The molecule has 0 fully saturated rings. The molecule has 0 spiro atoms. The van der Waals surface area contributed by atoms with Crippen LogP contribution in [-0.4, -0.2) is 145 Å². The summed E-state index contributed by atoms with van der Waals surface area (Å²) < 4.78 is 63.8. The second-order valence-corrected chi connectivity index (χ2v) is 40.3. The van der Waals surface area contributed by atoms with E-state index in [-0.39, 0.29) is 0 Å². The van der Waals surface area contributed by atoms with Crippen LogP contribution in [0.4, 0.5) is 17.8 Å². The van der Waals surface area contributed by atoms with Crippen molar-refractivity contribution < 1.29 is 39.8 Å². The predicted octanol–water partition coefficient (Wildman–Crippen LogP) is 9.11. The Labute approximate surface area is 373 Å². The van der Waals surface area contributed by atoms with Gasteiger partial charge in [0.05, 0.1) is 0 Å². The van der Waals surface area contributed by atoms with Gasteiger partial charge in [0.2, 0.25) is 17.8 Å². The van der Waals surface area contributed by atoms with E-state index in [0.717, 1.165) is 56.7 Å². The van der Waals surface area contributed by atoms with E-state index in [1.54, 1.807) is 0 Å². The van der Waals surface area contributed by atoms with Gasteiger partial charge >= 0.3 is 26.4 Å². The molecule has 0 aliphatic heterocycles. The van der Waals surface area contributed by atoms with E-state index < -0.39 is 51.1 Å². The third-order valence-electron chi connectivity index (χ3n) is 9.63. The Bertz CT molecular complexity index is 1100. The summed E-state index contributed by atoms with van der Waals surface area (Å²) in [4.78, 5) is 16.3. The summed E-state index contributed by atoms with van der Waals surface area (Å²) in [6.45, 7) is 46.5. The molecule has 0 atom stereocenters. The van der Waals surface area contributed by atoms with E-state index in [1.165, 1.54) is 0 Å². The summed E-state index contributed by atoms with van der Waals surface area (Å²) in [6.07, 6.45) is 2.46. The molecule has 1 heterocycles. The molecule has 1 rings (SSSR count). The first-order valence-corrected chi connectivity index (χ1v) is 39.1. The number of anilines is 3. The van der Waals surface area contributed by atoms with Crippen molar-refractivity contribution in [2.24, 2.45) is 0 Å². The second-order valence-electron chi connectivity index (χ2n) is 17.5. The third kappa shape index (κ3) is 18.8. The smallest absolute Gasteiger partial charge is 0.374 e. The minimum absolute atomic E-state index is 0.551. The molecule has 0 amide bonds. The van der Waals surface area contributed by atoms with Crippen LogP contribution in [0.5, 0.6) is 0 Å². The summed E-state index contributed by atoms with van der Waals surface area (Å²) >= 11 is 0. The molecule has 0 unspecified atom stereocenters. The Hall–Kier alpha value is -0.649. The van der Waals surface area contributed by atoms with Crippen LogP contribution in [0.15, 0.2) is 0 Å². The van der Waals surface area contributed by atoms with E-state index in [9.17, 15) is 0 Å². The van der Waals surface area contributed by atoms with Gasteiger partial charge in [0, 0.05) is 97.2 Å². The van der Waals surface area contributed by atoms with Crippen molar-refractivity contribution in [3.8, 4) is 0 Å². The topological polar surface area (TPSA) is 131 Å². The quantitative estimate of drug-likeness (QED) is 0.0592. The van der Waals surface area contributed by atoms with Gasteiger partial charge in [0.15, 0.2) is 24.7 Å². The number of aromatic nitrogens is 3. The molecule has 1 aromatic heterocycles. The SMILES string of the molecule is CCO[Si](CCCN(c1nc(N(CCC[Si](OCC)(OCC)OCC)[Si](C)(C)C)nc(N(CCC[Si](OCC)(OCC)OCC)[Si](C)(C)C)n1)[Si](C)(C)C)(OCC)OCC. The lowest BCUT2D eigenvalue weighted by Crippen LogP contribution is -2.53.